The standard InChI is InChI=1S/C23H28N6O4S/c1-17(30)24-18-8-10-19(11-9-18)34(32,33)27(2)16-22(31)28-12-5-13-29(15-14-28)23-25-20-6-3-4-7-21(20)26-23/h3-4,6-11H,5,12-16H2,1-2H3,(H,24,30)(H,25,26). The molecule has 1 fully saturated rings. The quantitative estimate of drug-likeness (QED) is 0.552. The van der Waals surface area contributed by atoms with Gasteiger partial charge in [-0.1, -0.05) is 12.1 Å². The van der Waals surface area contributed by atoms with Crippen molar-refractivity contribution in [2.75, 3.05) is 50.0 Å². The van der Waals surface area contributed by atoms with Gasteiger partial charge in [-0.3, -0.25) is 9.59 Å². The molecule has 0 radical (unpaired) electrons. The second-order valence-electron chi connectivity index (χ2n) is 8.27. The number of benzene rings is 2. The first kappa shape index (κ1) is 23.7. The third-order valence-electron chi connectivity index (χ3n) is 5.77. The van der Waals surface area contributed by atoms with Gasteiger partial charge in [0.1, 0.15) is 0 Å². The number of nitrogens with one attached hydrogen (secondary N) is 2. The van der Waals surface area contributed by atoms with Crippen molar-refractivity contribution in [3.63, 3.8) is 0 Å². The molecule has 2 aromatic carbocycles. The number of anilines is 2. The summed E-state index contributed by atoms with van der Waals surface area (Å²) >= 11 is 0. The van der Waals surface area contributed by atoms with Crippen LogP contribution >= 0.6 is 0 Å². The Kier molecular flexibility index (Phi) is 6.85. The third-order valence-corrected chi connectivity index (χ3v) is 7.58. The number of imidazole rings is 1. The molecule has 1 aromatic heterocycles. The summed E-state index contributed by atoms with van der Waals surface area (Å²) in [5, 5.41) is 2.60. The molecule has 3 aromatic rings. The second kappa shape index (κ2) is 9.82. The zero-order chi connectivity index (χ0) is 24.3. The lowest BCUT2D eigenvalue weighted by atomic mass is 10.3. The van der Waals surface area contributed by atoms with Crippen LogP contribution in [-0.4, -0.2) is 79.2 Å². The van der Waals surface area contributed by atoms with Gasteiger partial charge >= 0.3 is 0 Å². The number of rotatable bonds is 6. The molecule has 0 bridgehead atoms. The number of aromatic nitrogens is 2. The van der Waals surface area contributed by atoms with E-state index in [-0.39, 0.29) is 23.3 Å². The summed E-state index contributed by atoms with van der Waals surface area (Å²) in [5.74, 6) is 0.292. The van der Waals surface area contributed by atoms with E-state index in [2.05, 4.69) is 20.2 Å². The van der Waals surface area contributed by atoms with E-state index in [1.54, 1.807) is 4.90 Å². The van der Waals surface area contributed by atoms with Gasteiger partial charge in [-0.05, 0) is 42.8 Å². The summed E-state index contributed by atoms with van der Waals surface area (Å²) in [5.41, 5.74) is 2.36. The Morgan fingerprint density at radius 1 is 1.06 bits per heavy atom. The molecule has 0 saturated carbocycles. The summed E-state index contributed by atoms with van der Waals surface area (Å²) < 4.78 is 26.9. The highest BCUT2D eigenvalue weighted by Crippen LogP contribution is 2.20. The van der Waals surface area contributed by atoms with Gasteiger partial charge in [-0.25, -0.2) is 13.4 Å². The van der Waals surface area contributed by atoms with Crippen LogP contribution in [0.2, 0.25) is 0 Å². The van der Waals surface area contributed by atoms with E-state index < -0.39 is 10.0 Å². The number of sulfonamides is 1. The molecule has 0 atom stereocenters. The van der Waals surface area contributed by atoms with Crippen molar-refractivity contribution in [2.45, 2.75) is 18.2 Å². The topological polar surface area (TPSA) is 119 Å². The molecular formula is C23H28N6O4S. The Hall–Kier alpha value is -3.44. The molecule has 0 unspecified atom stereocenters. The van der Waals surface area contributed by atoms with E-state index in [1.807, 2.05) is 24.3 Å². The molecule has 34 heavy (non-hydrogen) atoms. The Bertz CT molecular complexity index is 1260. The normalized spacial score (nSPS) is 14.9. The minimum Gasteiger partial charge on any atom is -0.341 e. The van der Waals surface area contributed by atoms with Gasteiger partial charge in [0.15, 0.2) is 0 Å². The van der Waals surface area contributed by atoms with Crippen LogP contribution in [0.1, 0.15) is 13.3 Å². The van der Waals surface area contributed by atoms with E-state index >= 15 is 0 Å². The highest BCUT2D eigenvalue weighted by Gasteiger charge is 2.27. The second-order valence-corrected chi connectivity index (χ2v) is 10.3. The van der Waals surface area contributed by atoms with Crippen LogP contribution in [0.4, 0.5) is 11.6 Å². The third kappa shape index (κ3) is 5.20. The fraction of sp³-hybridized carbons (Fsp3) is 0.348. The average molecular weight is 485 g/mol. The SMILES string of the molecule is CC(=O)Nc1ccc(S(=O)(=O)N(C)CC(=O)N2CCCN(c3nc4ccccc4[nH]3)CC2)cc1. The molecule has 1 aliphatic rings. The van der Waals surface area contributed by atoms with Crippen molar-refractivity contribution in [3.05, 3.63) is 48.5 Å². The maximum atomic E-state index is 12.9. The molecule has 1 aliphatic heterocycles. The zero-order valence-corrected chi connectivity index (χ0v) is 20.0. The van der Waals surface area contributed by atoms with E-state index in [0.29, 0.717) is 25.3 Å². The molecule has 0 spiro atoms. The van der Waals surface area contributed by atoms with Gasteiger partial charge in [0.2, 0.25) is 27.8 Å². The molecule has 11 heteroatoms. The number of fused-ring (bicyclic) bond motifs is 1. The van der Waals surface area contributed by atoms with Crippen molar-refractivity contribution in [3.8, 4) is 0 Å². The highest BCUT2D eigenvalue weighted by molar-refractivity contribution is 7.89. The lowest BCUT2D eigenvalue weighted by molar-refractivity contribution is -0.131. The molecule has 180 valence electrons. The van der Waals surface area contributed by atoms with Crippen molar-refractivity contribution in [1.82, 2.24) is 19.2 Å². The molecule has 2 amide bonds. The van der Waals surface area contributed by atoms with E-state index in [9.17, 15) is 18.0 Å². The molecular weight excluding hydrogens is 456 g/mol. The number of likely N-dealkylation sites (N-methyl/N-ethyl adjacent to an activating group) is 1. The van der Waals surface area contributed by atoms with Crippen LogP contribution in [0.15, 0.2) is 53.4 Å². The van der Waals surface area contributed by atoms with Gasteiger partial charge in [-0.15, -0.1) is 0 Å². The largest absolute Gasteiger partial charge is 0.341 e. The molecule has 0 aliphatic carbocycles. The predicted molar refractivity (Wildman–Crippen MR) is 130 cm³/mol. The van der Waals surface area contributed by atoms with Crippen LogP contribution in [0.3, 0.4) is 0 Å². The molecule has 2 N–H and O–H groups in total. The smallest absolute Gasteiger partial charge is 0.243 e. The molecule has 4 rings (SSSR count). The number of aromatic amines is 1. The lowest BCUT2D eigenvalue weighted by Gasteiger charge is -2.24. The fourth-order valence-electron chi connectivity index (χ4n) is 3.94. The highest BCUT2D eigenvalue weighted by atomic mass is 32.2. The van der Waals surface area contributed by atoms with E-state index in [0.717, 1.165) is 34.3 Å². The van der Waals surface area contributed by atoms with Gasteiger partial charge < -0.3 is 20.1 Å². The number of nitrogens with zero attached hydrogens (tertiary/aromatic N) is 4. The first-order chi connectivity index (χ1) is 16.2. The number of carbonyl (C=O) groups is 2. The number of hydrogen-bond donors (Lipinski definition) is 2. The van der Waals surface area contributed by atoms with Crippen LogP contribution in [0, 0.1) is 0 Å². The summed E-state index contributed by atoms with van der Waals surface area (Å²) in [7, 11) is -2.45. The number of H-pyrrole nitrogens is 1. The molecule has 1 saturated heterocycles. The van der Waals surface area contributed by atoms with Crippen LogP contribution in [-0.2, 0) is 19.6 Å². The van der Waals surface area contributed by atoms with Crippen molar-refractivity contribution in [1.29, 1.82) is 0 Å². The summed E-state index contributed by atoms with van der Waals surface area (Å²) in [6.07, 6.45) is 0.754. The van der Waals surface area contributed by atoms with Crippen LogP contribution in [0.5, 0.6) is 0 Å². The lowest BCUT2D eigenvalue weighted by Crippen LogP contribution is -2.42. The predicted octanol–water partition coefficient (Wildman–Crippen LogP) is 1.88. The fourth-order valence-corrected chi connectivity index (χ4v) is 5.06. The van der Waals surface area contributed by atoms with Crippen molar-refractivity contribution >= 4 is 44.5 Å². The Morgan fingerprint density at radius 2 is 1.79 bits per heavy atom. The zero-order valence-electron chi connectivity index (χ0n) is 19.2. The first-order valence-electron chi connectivity index (χ1n) is 11.1. The van der Waals surface area contributed by atoms with E-state index in [1.165, 1.54) is 38.2 Å². The number of amides is 2. The Labute approximate surface area is 198 Å². The number of para-hydroxylation sites is 2. The minimum atomic E-state index is -3.85. The minimum absolute atomic E-state index is 0.0591. The maximum absolute atomic E-state index is 12.9. The summed E-state index contributed by atoms with van der Waals surface area (Å²) in [6, 6.07) is 13.7. The Morgan fingerprint density at radius 3 is 2.50 bits per heavy atom. The van der Waals surface area contributed by atoms with Crippen molar-refractivity contribution in [2.24, 2.45) is 0 Å². The first-order valence-corrected chi connectivity index (χ1v) is 12.5. The van der Waals surface area contributed by atoms with Crippen molar-refractivity contribution < 1.29 is 18.0 Å². The van der Waals surface area contributed by atoms with E-state index in [4.69, 9.17) is 0 Å². The average Bonchev–Trinajstić information content (AvgIpc) is 3.08. The monoisotopic (exact) mass is 484 g/mol. The Balaban J connectivity index is 1.37. The van der Waals surface area contributed by atoms with Crippen LogP contribution in [0.25, 0.3) is 11.0 Å². The van der Waals surface area contributed by atoms with Gasteiger partial charge in [0.05, 0.1) is 22.5 Å². The molecule has 10 nitrogen and oxygen atoms in total. The molecule has 2 heterocycles. The maximum Gasteiger partial charge on any atom is 0.243 e. The van der Waals surface area contributed by atoms with Gasteiger partial charge in [0.25, 0.3) is 0 Å². The van der Waals surface area contributed by atoms with Gasteiger partial charge in [0, 0.05) is 45.8 Å². The van der Waals surface area contributed by atoms with Crippen LogP contribution < -0.4 is 10.2 Å². The number of carbonyl (C=O) groups excluding carboxylic acids is 2. The summed E-state index contributed by atoms with van der Waals surface area (Å²) in [6.45, 7) is 3.51. The number of hydrogen-bond acceptors (Lipinski definition) is 6. The van der Waals surface area contributed by atoms with Gasteiger partial charge in [-0.2, -0.15) is 4.31 Å². The summed E-state index contributed by atoms with van der Waals surface area (Å²) in [4.78, 5) is 35.9.